The summed E-state index contributed by atoms with van der Waals surface area (Å²) >= 11 is 0. The van der Waals surface area contributed by atoms with E-state index in [1.807, 2.05) is 6.07 Å². The Labute approximate surface area is 153 Å². The lowest BCUT2D eigenvalue weighted by molar-refractivity contribution is -0.135. The lowest BCUT2D eigenvalue weighted by Crippen LogP contribution is -2.56. The van der Waals surface area contributed by atoms with E-state index >= 15 is 0 Å². The first-order valence-corrected chi connectivity index (χ1v) is 9.64. The van der Waals surface area contributed by atoms with Crippen molar-refractivity contribution in [1.82, 2.24) is 24.6 Å². The number of piperidine rings is 1. The molecule has 1 saturated heterocycles. The summed E-state index contributed by atoms with van der Waals surface area (Å²) < 4.78 is 2.39. The minimum atomic E-state index is -0.0165. The Kier molecular flexibility index (Phi) is 3.64. The van der Waals surface area contributed by atoms with Crippen molar-refractivity contribution in [2.45, 2.75) is 37.8 Å². The van der Waals surface area contributed by atoms with Gasteiger partial charge in [-0.2, -0.15) is 0 Å². The molecule has 26 heavy (non-hydrogen) atoms. The van der Waals surface area contributed by atoms with E-state index < -0.39 is 0 Å². The summed E-state index contributed by atoms with van der Waals surface area (Å²) in [4.78, 5) is 16.9. The van der Waals surface area contributed by atoms with Gasteiger partial charge in [0.05, 0.1) is 12.1 Å². The molecule has 6 nitrogen and oxygen atoms in total. The highest BCUT2D eigenvalue weighted by Crippen LogP contribution is 2.40. The summed E-state index contributed by atoms with van der Waals surface area (Å²) in [7, 11) is 2.16. The van der Waals surface area contributed by atoms with E-state index in [0.29, 0.717) is 11.8 Å². The van der Waals surface area contributed by atoms with Crippen molar-refractivity contribution >= 4 is 5.91 Å². The van der Waals surface area contributed by atoms with Crippen LogP contribution < -0.4 is 0 Å². The zero-order chi connectivity index (χ0) is 17.7. The van der Waals surface area contributed by atoms with Gasteiger partial charge in [-0.15, -0.1) is 10.2 Å². The van der Waals surface area contributed by atoms with Gasteiger partial charge in [0.2, 0.25) is 5.91 Å². The number of likely N-dealkylation sites (tertiary alicyclic amines) is 1. The highest BCUT2D eigenvalue weighted by molar-refractivity contribution is 5.81. The molecule has 6 heteroatoms. The maximum atomic E-state index is 12.5. The van der Waals surface area contributed by atoms with Gasteiger partial charge >= 0.3 is 0 Å². The highest BCUT2D eigenvalue weighted by atomic mass is 16.2. The molecule has 1 spiro atoms. The molecule has 1 aliphatic carbocycles. The molecule has 0 radical (unpaired) electrons. The first-order chi connectivity index (χ1) is 12.7. The molecule has 0 N–H and O–H groups in total. The van der Waals surface area contributed by atoms with Crippen LogP contribution in [0, 0.1) is 5.92 Å². The van der Waals surface area contributed by atoms with Crippen molar-refractivity contribution in [3.63, 3.8) is 0 Å². The smallest absolute Gasteiger partial charge is 0.225 e. The maximum Gasteiger partial charge on any atom is 0.225 e. The molecule has 2 aromatic rings. The third-order valence-electron chi connectivity index (χ3n) is 6.14. The monoisotopic (exact) mass is 351 g/mol. The minimum absolute atomic E-state index is 0.0165. The Morgan fingerprint density at radius 2 is 1.85 bits per heavy atom. The Hall–Kier alpha value is -2.21. The third kappa shape index (κ3) is 2.55. The Bertz CT molecular complexity index is 818. The molecule has 0 bridgehead atoms. The van der Waals surface area contributed by atoms with Crippen LogP contribution in [0.3, 0.4) is 0 Å². The van der Waals surface area contributed by atoms with Gasteiger partial charge in [-0.3, -0.25) is 9.69 Å². The molecule has 136 valence electrons. The van der Waals surface area contributed by atoms with Crippen LogP contribution in [0.15, 0.2) is 30.3 Å². The van der Waals surface area contributed by atoms with Gasteiger partial charge in [0, 0.05) is 31.1 Å². The van der Waals surface area contributed by atoms with Gasteiger partial charge in [0.1, 0.15) is 5.82 Å². The second-order valence-electron chi connectivity index (χ2n) is 8.14. The zero-order valence-electron chi connectivity index (χ0n) is 15.3. The average Bonchev–Trinajstić information content (AvgIpc) is 3.42. The second kappa shape index (κ2) is 5.91. The Morgan fingerprint density at radius 3 is 2.54 bits per heavy atom. The van der Waals surface area contributed by atoms with Crippen molar-refractivity contribution in [2.75, 3.05) is 26.7 Å². The van der Waals surface area contributed by atoms with Crippen LogP contribution in [0.1, 0.15) is 31.5 Å². The Balaban J connectivity index is 1.49. The van der Waals surface area contributed by atoms with Gasteiger partial charge in [-0.25, -0.2) is 0 Å². The lowest BCUT2D eigenvalue weighted by atomic mass is 9.84. The van der Waals surface area contributed by atoms with E-state index in [1.54, 1.807) is 0 Å². The van der Waals surface area contributed by atoms with E-state index in [0.717, 1.165) is 69.1 Å². The van der Waals surface area contributed by atoms with Crippen molar-refractivity contribution in [3.05, 3.63) is 36.2 Å². The molecule has 3 heterocycles. The molecule has 1 saturated carbocycles. The first-order valence-electron chi connectivity index (χ1n) is 9.64. The van der Waals surface area contributed by atoms with Gasteiger partial charge in [-0.1, -0.05) is 30.3 Å². The van der Waals surface area contributed by atoms with E-state index in [2.05, 4.69) is 55.9 Å². The van der Waals surface area contributed by atoms with Crippen molar-refractivity contribution in [3.8, 4) is 11.4 Å². The van der Waals surface area contributed by atoms with Crippen LogP contribution in [0.4, 0.5) is 0 Å². The number of likely N-dealkylation sites (N-methyl/N-ethyl adjacent to an activating group) is 1. The number of rotatable bonds is 2. The quantitative estimate of drug-likeness (QED) is 0.832. The number of nitrogens with zero attached hydrogens (tertiary/aromatic N) is 5. The largest absolute Gasteiger partial charge is 0.342 e. The van der Waals surface area contributed by atoms with Gasteiger partial charge in [-0.05, 0) is 32.7 Å². The molecule has 1 amide bonds. The maximum absolute atomic E-state index is 12.5. The fourth-order valence-corrected chi connectivity index (χ4v) is 4.68. The number of carbonyl (C=O) groups excluding carboxylic acids is 1. The SMILES string of the molecule is CN1Cc2nnc(-c3ccccc3)n2C2(CCN(C(=O)C3CC3)CC2)C1. The molecule has 0 unspecified atom stereocenters. The van der Waals surface area contributed by atoms with Gasteiger partial charge < -0.3 is 9.47 Å². The van der Waals surface area contributed by atoms with Crippen LogP contribution >= 0.6 is 0 Å². The predicted molar refractivity (Wildman–Crippen MR) is 98.3 cm³/mol. The number of benzene rings is 1. The molecular weight excluding hydrogens is 326 g/mol. The molecule has 3 aliphatic rings. The van der Waals surface area contributed by atoms with Crippen LogP contribution in [-0.4, -0.2) is 57.2 Å². The summed E-state index contributed by atoms with van der Waals surface area (Å²) in [6.45, 7) is 3.50. The minimum Gasteiger partial charge on any atom is -0.342 e. The second-order valence-corrected chi connectivity index (χ2v) is 8.14. The summed E-state index contributed by atoms with van der Waals surface area (Å²) in [6, 6.07) is 10.3. The fraction of sp³-hybridized carbons (Fsp3) is 0.550. The molecule has 5 rings (SSSR count). The van der Waals surface area contributed by atoms with Crippen molar-refractivity contribution < 1.29 is 4.79 Å². The van der Waals surface area contributed by atoms with Crippen LogP contribution in [0.5, 0.6) is 0 Å². The standard InChI is InChI=1S/C20H25N5O/c1-23-13-17-21-22-18(15-5-3-2-4-6-15)25(17)20(14-23)9-11-24(12-10-20)19(26)16-7-8-16/h2-6,16H,7-14H2,1H3. The fourth-order valence-electron chi connectivity index (χ4n) is 4.68. The topological polar surface area (TPSA) is 54.3 Å². The van der Waals surface area contributed by atoms with Crippen LogP contribution in [0.25, 0.3) is 11.4 Å². The molecule has 2 aliphatic heterocycles. The summed E-state index contributed by atoms with van der Waals surface area (Å²) in [5.41, 5.74) is 1.10. The van der Waals surface area contributed by atoms with E-state index in [-0.39, 0.29) is 5.54 Å². The summed E-state index contributed by atoms with van der Waals surface area (Å²) in [5, 5.41) is 9.07. The first kappa shape index (κ1) is 16.0. The average molecular weight is 351 g/mol. The Morgan fingerprint density at radius 1 is 1.12 bits per heavy atom. The number of amides is 1. The lowest BCUT2D eigenvalue weighted by Gasteiger charge is -2.48. The van der Waals surface area contributed by atoms with E-state index in [4.69, 9.17) is 0 Å². The van der Waals surface area contributed by atoms with Crippen LogP contribution in [0.2, 0.25) is 0 Å². The molecule has 2 fully saturated rings. The number of fused-ring (bicyclic) bond motifs is 2. The third-order valence-corrected chi connectivity index (χ3v) is 6.14. The summed E-state index contributed by atoms with van der Waals surface area (Å²) in [6.07, 6.45) is 4.11. The number of hydrogen-bond donors (Lipinski definition) is 0. The summed E-state index contributed by atoms with van der Waals surface area (Å²) in [5.74, 6) is 2.69. The van der Waals surface area contributed by atoms with Gasteiger partial charge in [0.15, 0.2) is 5.82 Å². The molecular formula is C20H25N5O. The molecule has 0 atom stereocenters. The number of carbonyl (C=O) groups is 1. The number of hydrogen-bond acceptors (Lipinski definition) is 4. The predicted octanol–water partition coefficient (Wildman–Crippen LogP) is 2.12. The van der Waals surface area contributed by atoms with Crippen LogP contribution in [-0.2, 0) is 16.9 Å². The van der Waals surface area contributed by atoms with Crippen molar-refractivity contribution in [1.29, 1.82) is 0 Å². The van der Waals surface area contributed by atoms with E-state index in [1.165, 1.54) is 0 Å². The van der Waals surface area contributed by atoms with E-state index in [9.17, 15) is 4.79 Å². The molecule has 1 aromatic heterocycles. The van der Waals surface area contributed by atoms with Gasteiger partial charge in [0.25, 0.3) is 0 Å². The highest BCUT2D eigenvalue weighted by Gasteiger charge is 2.45. The molecule has 1 aromatic carbocycles. The zero-order valence-corrected chi connectivity index (χ0v) is 15.3. The number of aromatic nitrogens is 3. The normalized spacial score (nSPS) is 22.4. The van der Waals surface area contributed by atoms with Crippen molar-refractivity contribution in [2.24, 2.45) is 5.92 Å².